The summed E-state index contributed by atoms with van der Waals surface area (Å²) in [7, 11) is -3.48. The molecule has 0 radical (unpaired) electrons. The fourth-order valence-corrected chi connectivity index (χ4v) is 3.68. The van der Waals surface area contributed by atoms with Gasteiger partial charge in [-0.15, -0.1) is 0 Å². The molecule has 1 aromatic rings. The maximum atomic E-state index is 12.4. The Morgan fingerprint density at radius 1 is 1.43 bits per heavy atom. The van der Waals surface area contributed by atoms with Crippen LogP contribution < -0.4 is 5.32 Å². The van der Waals surface area contributed by atoms with Gasteiger partial charge in [0, 0.05) is 31.3 Å². The lowest BCUT2D eigenvalue weighted by Gasteiger charge is -2.16. The highest BCUT2D eigenvalue weighted by atomic mass is 32.2. The van der Waals surface area contributed by atoms with Crippen molar-refractivity contribution >= 4 is 21.7 Å². The first-order valence-electron chi connectivity index (χ1n) is 7.22. The molecule has 1 fully saturated rings. The lowest BCUT2D eigenvalue weighted by atomic mass is 10.1. The van der Waals surface area contributed by atoms with E-state index < -0.39 is 10.0 Å². The molecule has 1 aliphatic rings. The first-order valence-corrected chi connectivity index (χ1v) is 8.66. The Kier molecular flexibility index (Phi) is 4.95. The molecule has 1 amide bonds. The number of nitrogens with one attached hydrogen (secondary N) is 1. The van der Waals surface area contributed by atoms with Crippen molar-refractivity contribution in [3.8, 4) is 0 Å². The molecule has 0 saturated carbocycles. The summed E-state index contributed by atoms with van der Waals surface area (Å²) in [6, 6.07) is 2.89. The van der Waals surface area contributed by atoms with Gasteiger partial charge in [0.15, 0.2) is 0 Å². The van der Waals surface area contributed by atoms with E-state index in [1.807, 2.05) is 13.8 Å². The molecule has 0 bridgehead atoms. The van der Waals surface area contributed by atoms with E-state index in [0.29, 0.717) is 13.1 Å². The fraction of sp³-hybridized carbons (Fsp3) is 0.571. The largest absolute Gasteiger partial charge is 0.310 e. The Morgan fingerprint density at radius 3 is 2.71 bits per heavy atom. The highest BCUT2D eigenvalue weighted by Crippen LogP contribution is 2.22. The molecule has 7 heteroatoms. The predicted molar refractivity (Wildman–Crippen MR) is 80.3 cm³/mol. The molecule has 0 aromatic carbocycles. The Balaban J connectivity index is 2.19. The quantitative estimate of drug-likeness (QED) is 0.900. The number of nitrogens with zero attached hydrogens (tertiary/aromatic N) is 2. The molecule has 21 heavy (non-hydrogen) atoms. The normalized spacial score (nSPS) is 17.6. The SMILES string of the molecule is CCC(C)C(=O)Nc1cc(S(=O)(=O)N2CCCC2)ccn1. The second-order valence-electron chi connectivity index (χ2n) is 5.29. The second-order valence-corrected chi connectivity index (χ2v) is 7.22. The third kappa shape index (κ3) is 3.59. The molecule has 116 valence electrons. The number of carbonyl (C=O) groups is 1. The van der Waals surface area contributed by atoms with Crippen LogP contribution in [0.25, 0.3) is 0 Å². The topological polar surface area (TPSA) is 79.4 Å². The van der Waals surface area contributed by atoms with Crippen LogP contribution in [0.2, 0.25) is 0 Å². The van der Waals surface area contributed by atoms with Crippen molar-refractivity contribution < 1.29 is 13.2 Å². The van der Waals surface area contributed by atoms with Crippen LogP contribution in [-0.4, -0.2) is 36.7 Å². The maximum Gasteiger partial charge on any atom is 0.243 e. The minimum absolute atomic E-state index is 0.134. The third-order valence-corrected chi connectivity index (χ3v) is 5.64. The van der Waals surface area contributed by atoms with Gasteiger partial charge in [-0.3, -0.25) is 4.79 Å². The molecule has 2 rings (SSSR count). The maximum absolute atomic E-state index is 12.4. The second kappa shape index (κ2) is 6.53. The van der Waals surface area contributed by atoms with Crippen molar-refractivity contribution in [3.63, 3.8) is 0 Å². The van der Waals surface area contributed by atoms with Crippen molar-refractivity contribution in [3.05, 3.63) is 18.3 Å². The minimum Gasteiger partial charge on any atom is -0.310 e. The summed E-state index contributed by atoms with van der Waals surface area (Å²) in [4.78, 5) is 16.1. The Labute approximate surface area is 125 Å². The van der Waals surface area contributed by atoms with Crippen LogP contribution in [0.5, 0.6) is 0 Å². The number of rotatable bonds is 5. The Bertz CT molecular complexity index is 610. The van der Waals surface area contributed by atoms with E-state index in [-0.39, 0.29) is 22.5 Å². The number of hydrogen-bond acceptors (Lipinski definition) is 4. The molecule has 1 aliphatic heterocycles. The molecule has 0 spiro atoms. The Hall–Kier alpha value is -1.47. The molecule has 1 aromatic heterocycles. The number of aromatic nitrogens is 1. The lowest BCUT2D eigenvalue weighted by Crippen LogP contribution is -2.28. The van der Waals surface area contributed by atoms with Crippen molar-refractivity contribution in [2.75, 3.05) is 18.4 Å². The number of sulfonamides is 1. The van der Waals surface area contributed by atoms with Crippen LogP contribution in [0.3, 0.4) is 0 Å². The van der Waals surface area contributed by atoms with Crippen LogP contribution in [0.1, 0.15) is 33.1 Å². The summed E-state index contributed by atoms with van der Waals surface area (Å²) in [6.45, 7) is 4.85. The molecular formula is C14H21N3O3S. The molecular weight excluding hydrogens is 290 g/mol. The van der Waals surface area contributed by atoms with Gasteiger partial charge in [0.25, 0.3) is 0 Å². The summed E-state index contributed by atoms with van der Waals surface area (Å²) in [5.41, 5.74) is 0. The monoisotopic (exact) mass is 311 g/mol. The van der Waals surface area contributed by atoms with Gasteiger partial charge in [-0.05, 0) is 25.3 Å². The van der Waals surface area contributed by atoms with E-state index in [9.17, 15) is 13.2 Å². The summed E-state index contributed by atoms with van der Waals surface area (Å²) in [5.74, 6) is -0.00747. The fourth-order valence-electron chi connectivity index (χ4n) is 2.15. The van der Waals surface area contributed by atoms with Gasteiger partial charge in [0.2, 0.25) is 15.9 Å². The number of amides is 1. The number of anilines is 1. The van der Waals surface area contributed by atoms with Crippen molar-refractivity contribution in [1.29, 1.82) is 0 Å². The van der Waals surface area contributed by atoms with Gasteiger partial charge >= 0.3 is 0 Å². The van der Waals surface area contributed by atoms with Crippen LogP contribution in [-0.2, 0) is 14.8 Å². The summed E-state index contributed by atoms with van der Waals surface area (Å²) < 4.78 is 26.4. The molecule has 1 atom stereocenters. The van der Waals surface area contributed by atoms with Gasteiger partial charge in [-0.25, -0.2) is 13.4 Å². The summed E-state index contributed by atoms with van der Waals surface area (Å²) in [5, 5.41) is 2.66. The summed E-state index contributed by atoms with van der Waals surface area (Å²) in [6.07, 6.45) is 3.91. The molecule has 2 heterocycles. The number of hydrogen-bond donors (Lipinski definition) is 1. The molecule has 1 unspecified atom stereocenters. The highest BCUT2D eigenvalue weighted by Gasteiger charge is 2.27. The number of pyridine rings is 1. The van der Waals surface area contributed by atoms with Crippen LogP contribution >= 0.6 is 0 Å². The first kappa shape index (κ1) is 15.9. The average Bonchev–Trinajstić information content (AvgIpc) is 3.01. The van der Waals surface area contributed by atoms with Crippen molar-refractivity contribution in [1.82, 2.24) is 9.29 Å². The molecule has 1 saturated heterocycles. The van der Waals surface area contributed by atoms with Crippen LogP contribution in [0.15, 0.2) is 23.2 Å². The molecule has 6 nitrogen and oxygen atoms in total. The van der Waals surface area contributed by atoms with Gasteiger partial charge in [-0.1, -0.05) is 13.8 Å². The highest BCUT2D eigenvalue weighted by molar-refractivity contribution is 7.89. The standard InChI is InChI=1S/C14H21N3O3S/c1-3-11(2)14(18)16-13-10-12(6-7-15-13)21(19,20)17-8-4-5-9-17/h6-7,10-11H,3-5,8-9H2,1-2H3,(H,15,16,18). The number of carbonyl (C=O) groups excluding carboxylic acids is 1. The zero-order valence-electron chi connectivity index (χ0n) is 12.4. The zero-order chi connectivity index (χ0) is 15.5. The predicted octanol–water partition coefficient (Wildman–Crippen LogP) is 1.85. The van der Waals surface area contributed by atoms with E-state index in [4.69, 9.17) is 0 Å². The van der Waals surface area contributed by atoms with Crippen LogP contribution in [0.4, 0.5) is 5.82 Å². The lowest BCUT2D eigenvalue weighted by molar-refractivity contribution is -0.119. The third-order valence-electron chi connectivity index (χ3n) is 3.75. The van der Waals surface area contributed by atoms with E-state index >= 15 is 0 Å². The smallest absolute Gasteiger partial charge is 0.243 e. The Morgan fingerprint density at radius 2 is 2.10 bits per heavy atom. The zero-order valence-corrected chi connectivity index (χ0v) is 13.2. The van der Waals surface area contributed by atoms with Crippen LogP contribution in [0, 0.1) is 5.92 Å². The minimum atomic E-state index is -3.48. The van der Waals surface area contributed by atoms with Gasteiger partial charge in [0.05, 0.1) is 4.90 Å². The first-order chi connectivity index (χ1) is 9.95. The van der Waals surface area contributed by atoms with E-state index in [1.165, 1.54) is 22.6 Å². The van der Waals surface area contributed by atoms with Gasteiger partial charge < -0.3 is 5.32 Å². The van der Waals surface area contributed by atoms with Gasteiger partial charge in [0.1, 0.15) is 5.82 Å². The average molecular weight is 311 g/mol. The van der Waals surface area contributed by atoms with E-state index in [0.717, 1.165) is 19.3 Å². The van der Waals surface area contributed by atoms with E-state index in [2.05, 4.69) is 10.3 Å². The van der Waals surface area contributed by atoms with Gasteiger partial charge in [-0.2, -0.15) is 4.31 Å². The molecule has 1 N–H and O–H groups in total. The van der Waals surface area contributed by atoms with Crippen molar-refractivity contribution in [2.45, 2.75) is 38.0 Å². The summed E-state index contributed by atoms with van der Waals surface area (Å²) >= 11 is 0. The van der Waals surface area contributed by atoms with Crippen molar-refractivity contribution in [2.24, 2.45) is 5.92 Å². The van der Waals surface area contributed by atoms with E-state index in [1.54, 1.807) is 0 Å². The molecule has 0 aliphatic carbocycles.